The zero-order chi connectivity index (χ0) is 10.5. The molecule has 1 unspecified atom stereocenters. The lowest BCUT2D eigenvalue weighted by molar-refractivity contribution is -0.00231. The second kappa shape index (κ2) is 5.83. The van der Waals surface area contributed by atoms with E-state index in [-0.39, 0.29) is 0 Å². The van der Waals surface area contributed by atoms with E-state index in [9.17, 15) is 0 Å². The van der Waals surface area contributed by atoms with Crippen LogP contribution in [-0.2, 0) is 4.74 Å². The Morgan fingerprint density at radius 1 is 1.27 bits per heavy atom. The molecule has 0 bridgehead atoms. The van der Waals surface area contributed by atoms with E-state index in [2.05, 4.69) is 17.1 Å². The highest BCUT2D eigenvalue weighted by Gasteiger charge is 2.28. The van der Waals surface area contributed by atoms with Gasteiger partial charge in [0.25, 0.3) is 0 Å². The van der Waals surface area contributed by atoms with E-state index in [1.165, 1.54) is 32.4 Å². The van der Waals surface area contributed by atoms with Gasteiger partial charge < -0.3 is 10.1 Å². The molecule has 2 heterocycles. The van der Waals surface area contributed by atoms with Crippen molar-refractivity contribution >= 4 is 0 Å². The molecule has 2 aliphatic rings. The minimum Gasteiger partial charge on any atom is -0.379 e. The number of ether oxygens (including phenoxy) is 1. The molecule has 3 nitrogen and oxygen atoms in total. The topological polar surface area (TPSA) is 24.5 Å². The van der Waals surface area contributed by atoms with Gasteiger partial charge in [0.2, 0.25) is 0 Å². The molecule has 2 saturated heterocycles. The van der Waals surface area contributed by atoms with Gasteiger partial charge in [0.1, 0.15) is 0 Å². The largest absolute Gasteiger partial charge is 0.379 e. The predicted octanol–water partition coefficient (Wildman–Crippen LogP) is 1.10. The monoisotopic (exact) mass is 212 g/mol. The van der Waals surface area contributed by atoms with Crippen molar-refractivity contribution in [3.63, 3.8) is 0 Å². The first-order chi connectivity index (χ1) is 7.42. The summed E-state index contributed by atoms with van der Waals surface area (Å²) in [7, 11) is 0. The summed E-state index contributed by atoms with van der Waals surface area (Å²) in [6.45, 7) is 8.91. The molecule has 15 heavy (non-hydrogen) atoms. The number of nitrogens with zero attached hydrogens (tertiary/aromatic N) is 1. The number of hydrogen-bond acceptors (Lipinski definition) is 3. The maximum Gasteiger partial charge on any atom is 0.0594 e. The van der Waals surface area contributed by atoms with Gasteiger partial charge in [0.15, 0.2) is 0 Å². The summed E-state index contributed by atoms with van der Waals surface area (Å²) in [6.07, 6.45) is 4.01. The third-order valence-electron chi connectivity index (χ3n) is 3.86. The van der Waals surface area contributed by atoms with Crippen molar-refractivity contribution < 1.29 is 4.74 Å². The summed E-state index contributed by atoms with van der Waals surface area (Å²) in [5.41, 5.74) is 0. The molecule has 1 N–H and O–H groups in total. The standard InChI is InChI=1S/C12H24N2O/c1-2-12(11-3-5-13-6-4-11)14-7-9-15-10-8-14/h11-13H,2-10H2,1H3. The molecule has 0 spiro atoms. The molecule has 0 radical (unpaired) electrons. The van der Waals surface area contributed by atoms with Gasteiger partial charge in [-0.3, -0.25) is 4.90 Å². The zero-order valence-corrected chi connectivity index (χ0v) is 9.87. The highest BCUT2D eigenvalue weighted by molar-refractivity contribution is 4.83. The van der Waals surface area contributed by atoms with Crippen LogP contribution in [0.4, 0.5) is 0 Å². The maximum atomic E-state index is 5.43. The van der Waals surface area contributed by atoms with Crippen molar-refractivity contribution in [3.05, 3.63) is 0 Å². The van der Waals surface area contributed by atoms with Crippen LogP contribution in [0.1, 0.15) is 26.2 Å². The Morgan fingerprint density at radius 3 is 2.53 bits per heavy atom. The number of nitrogens with one attached hydrogen (secondary N) is 1. The third kappa shape index (κ3) is 2.92. The van der Waals surface area contributed by atoms with Gasteiger partial charge in [-0.15, -0.1) is 0 Å². The van der Waals surface area contributed by atoms with Crippen molar-refractivity contribution in [2.45, 2.75) is 32.2 Å². The number of hydrogen-bond donors (Lipinski definition) is 1. The molecule has 0 aliphatic carbocycles. The lowest BCUT2D eigenvalue weighted by Gasteiger charge is -2.40. The number of rotatable bonds is 3. The molecule has 0 amide bonds. The fourth-order valence-electron chi connectivity index (χ4n) is 3.03. The van der Waals surface area contributed by atoms with E-state index in [0.717, 1.165) is 38.3 Å². The lowest BCUT2D eigenvalue weighted by atomic mass is 9.87. The van der Waals surface area contributed by atoms with E-state index in [4.69, 9.17) is 4.74 Å². The molecule has 88 valence electrons. The second-order valence-corrected chi connectivity index (χ2v) is 4.71. The van der Waals surface area contributed by atoms with Crippen molar-refractivity contribution in [3.8, 4) is 0 Å². The first-order valence-electron chi connectivity index (χ1n) is 6.44. The molecule has 0 saturated carbocycles. The molecule has 0 aromatic carbocycles. The summed E-state index contributed by atoms with van der Waals surface area (Å²) in [6, 6.07) is 0.802. The summed E-state index contributed by atoms with van der Waals surface area (Å²) in [4.78, 5) is 2.65. The van der Waals surface area contributed by atoms with E-state index >= 15 is 0 Å². The molecular weight excluding hydrogens is 188 g/mol. The third-order valence-corrected chi connectivity index (χ3v) is 3.86. The SMILES string of the molecule is CCC(C1CCNCC1)N1CCOCC1. The van der Waals surface area contributed by atoms with Gasteiger partial charge in [0.05, 0.1) is 13.2 Å². The Labute approximate surface area is 93.2 Å². The molecular formula is C12H24N2O. The second-order valence-electron chi connectivity index (χ2n) is 4.71. The van der Waals surface area contributed by atoms with Gasteiger partial charge in [-0.2, -0.15) is 0 Å². The molecule has 0 aromatic heterocycles. The Hall–Kier alpha value is -0.120. The van der Waals surface area contributed by atoms with Crippen LogP contribution in [0.25, 0.3) is 0 Å². The molecule has 2 aliphatic heterocycles. The molecule has 0 aromatic rings. The highest BCUT2D eigenvalue weighted by Crippen LogP contribution is 2.24. The minimum absolute atomic E-state index is 0.802. The van der Waals surface area contributed by atoms with E-state index in [0.29, 0.717) is 0 Å². The fraction of sp³-hybridized carbons (Fsp3) is 1.00. The Kier molecular flexibility index (Phi) is 4.42. The molecule has 2 rings (SSSR count). The van der Waals surface area contributed by atoms with Gasteiger partial charge in [-0.05, 0) is 38.3 Å². The van der Waals surface area contributed by atoms with Crippen LogP contribution in [0.15, 0.2) is 0 Å². The molecule has 1 atom stereocenters. The first kappa shape index (κ1) is 11.4. The van der Waals surface area contributed by atoms with Crippen molar-refractivity contribution in [1.29, 1.82) is 0 Å². The first-order valence-corrected chi connectivity index (χ1v) is 6.44. The summed E-state index contributed by atoms with van der Waals surface area (Å²) in [5, 5.41) is 3.45. The van der Waals surface area contributed by atoms with Crippen molar-refractivity contribution in [1.82, 2.24) is 10.2 Å². The van der Waals surface area contributed by atoms with Crippen LogP contribution in [0.3, 0.4) is 0 Å². The van der Waals surface area contributed by atoms with Crippen molar-refractivity contribution in [2.75, 3.05) is 39.4 Å². The van der Waals surface area contributed by atoms with Gasteiger partial charge in [-0.25, -0.2) is 0 Å². The van der Waals surface area contributed by atoms with E-state index in [1.54, 1.807) is 0 Å². The van der Waals surface area contributed by atoms with Crippen LogP contribution in [0.5, 0.6) is 0 Å². The highest BCUT2D eigenvalue weighted by atomic mass is 16.5. The lowest BCUT2D eigenvalue weighted by Crippen LogP contribution is -2.48. The van der Waals surface area contributed by atoms with Gasteiger partial charge in [0, 0.05) is 19.1 Å². The Bertz CT molecular complexity index is 156. The summed E-state index contributed by atoms with van der Waals surface area (Å²) >= 11 is 0. The summed E-state index contributed by atoms with van der Waals surface area (Å²) < 4.78 is 5.43. The van der Waals surface area contributed by atoms with Crippen LogP contribution < -0.4 is 5.32 Å². The predicted molar refractivity (Wildman–Crippen MR) is 62.1 cm³/mol. The fourth-order valence-corrected chi connectivity index (χ4v) is 3.03. The van der Waals surface area contributed by atoms with E-state index in [1.807, 2.05) is 0 Å². The minimum atomic E-state index is 0.802. The van der Waals surface area contributed by atoms with E-state index < -0.39 is 0 Å². The Balaban J connectivity index is 1.88. The average molecular weight is 212 g/mol. The smallest absolute Gasteiger partial charge is 0.0594 e. The summed E-state index contributed by atoms with van der Waals surface area (Å²) in [5.74, 6) is 0.911. The zero-order valence-electron chi connectivity index (χ0n) is 9.87. The van der Waals surface area contributed by atoms with Crippen LogP contribution in [-0.4, -0.2) is 50.3 Å². The van der Waals surface area contributed by atoms with Crippen molar-refractivity contribution in [2.24, 2.45) is 5.92 Å². The Morgan fingerprint density at radius 2 is 1.93 bits per heavy atom. The van der Waals surface area contributed by atoms with Crippen LogP contribution in [0.2, 0.25) is 0 Å². The van der Waals surface area contributed by atoms with Gasteiger partial charge in [-0.1, -0.05) is 6.92 Å². The van der Waals surface area contributed by atoms with Crippen LogP contribution in [0, 0.1) is 5.92 Å². The number of piperidine rings is 1. The molecule has 2 fully saturated rings. The normalized spacial score (nSPS) is 27.8. The average Bonchev–Trinajstić information content (AvgIpc) is 2.33. The quantitative estimate of drug-likeness (QED) is 0.758. The van der Waals surface area contributed by atoms with Crippen LogP contribution >= 0.6 is 0 Å². The molecule has 3 heteroatoms. The maximum absolute atomic E-state index is 5.43. The van der Waals surface area contributed by atoms with Gasteiger partial charge >= 0.3 is 0 Å². The number of morpholine rings is 1.